The van der Waals surface area contributed by atoms with Gasteiger partial charge in [-0.25, -0.2) is 0 Å². The summed E-state index contributed by atoms with van der Waals surface area (Å²) in [5.74, 6) is 1.42. The average molecular weight is 381 g/mol. The van der Waals surface area contributed by atoms with Crippen LogP contribution in [0.25, 0.3) is 0 Å². The van der Waals surface area contributed by atoms with E-state index < -0.39 is 0 Å². The lowest BCUT2D eigenvalue weighted by atomic mass is 9.64. The van der Waals surface area contributed by atoms with E-state index in [1.807, 2.05) is 0 Å². The van der Waals surface area contributed by atoms with Gasteiger partial charge in [0.2, 0.25) is 0 Å². The molecule has 1 spiro atoms. The molecule has 1 aliphatic heterocycles. The van der Waals surface area contributed by atoms with E-state index in [0.717, 1.165) is 31.3 Å². The summed E-state index contributed by atoms with van der Waals surface area (Å²) in [6, 6.07) is 0. The molecule has 1 heterocycles. The highest BCUT2D eigenvalue weighted by atomic mass is 16.7. The minimum Gasteiger partial charge on any atom is -0.347 e. The van der Waals surface area contributed by atoms with E-state index in [1.54, 1.807) is 0 Å². The van der Waals surface area contributed by atoms with E-state index in [1.165, 1.54) is 57.8 Å². The molecular formula is C25H48O2. The van der Waals surface area contributed by atoms with E-state index in [0.29, 0.717) is 16.9 Å². The van der Waals surface area contributed by atoms with Crippen LogP contribution in [0.5, 0.6) is 0 Å². The lowest BCUT2D eigenvalue weighted by Gasteiger charge is -2.45. The summed E-state index contributed by atoms with van der Waals surface area (Å²) < 4.78 is 12.7. The van der Waals surface area contributed by atoms with Crippen molar-refractivity contribution in [3.63, 3.8) is 0 Å². The highest BCUT2D eigenvalue weighted by Crippen LogP contribution is 2.49. The Bertz CT molecular complexity index is 426. The molecule has 2 nitrogen and oxygen atoms in total. The Morgan fingerprint density at radius 2 is 1.63 bits per heavy atom. The van der Waals surface area contributed by atoms with Crippen molar-refractivity contribution in [2.45, 2.75) is 131 Å². The number of hydrogen-bond acceptors (Lipinski definition) is 2. The van der Waals surface area contributed by atoms with Gasteiger partial charge in [0.05, 0.1) is 12.7 Å². The monoisotopic (exact) mass is 380 g/mol. The predicted molar refractivity (Wildman–Crippen MR) is 116 cm³/mol. The van der Waals surface area contributed by atoms with Crippen LogP contribution in [0.1, 0.15) is 119 Å². The van der Waals surface area contributed by atoms with Crippen molar-refractivity contribution in [2.24, 2.45) is 22.7 Å². The van der Waals surface area contributed by atoms with Gasteiger partial charge in [-0.1, -0.05) is 80.6 Å². The summed E-state index contributed by atoms with van der Waals surface area (Å²) in [5, 5.41) is 0. The first-order chi connectivity index (χ1) is 12.6. The van der Waals surface area contributed by atoms with E-state index in [2.05, 4.69) is 48.5 Å². The molecule has 1 saturated carbocycles. The summed E-state index contributed by atoms with van der Waals surface area (Å²) in [7, 11) is 0. The van der Waals surface area contributed by atoms with Gasteiger partial charge < -0.3 is 9.47 Å². The highest BCUT2D eigenvalue weighted by Gasteiger charge is 2.46. The van der Waals surface area contributed by atoms with Gasteiger partial charge in [-0.05, 0) is 48.3 Å². The van der Waals surface area contributed by atoms with Crippen LogP contribution in [0.2, 0.25) is 0 Å². The summed E-state index contributed by atoms with van der Waals surface area (Å²) >= 11 is 0. The fraction of sp³-hybridized carbons (Fsp3) is 1.00. The minimum absolute atomic E-state index is 0.243. The molecule has 2 unspecified atom stereocenters. The molecule has 27 heavy (non-hydrogen) atoms. The Morgan fingerprint density at radius 1 is 1.00 bits per heavy atom. The second-order valence-corrected chi connectivity index (χ2v) is 11.6. The zero-order valence-corrected chi connectivity index (χ0v) is 19.5. The summed E-state index contributed by atoms with van der Waals surface area (Å²) in [4.78, 5) is 0. The third-order valence-electron chi connectivity index (χ3n) is 7.03. The Morgan fingerprint density at radius 3 is 2.22 bits per heavy atom. The van der Waals surface area contributed by atoms with Crippen molar-refractivity contribution in [2.75, 3.05) is 6.61 Å². The number of hydrogen-bond donors (Lipinski definition) is 0. The molecule has 2 heteroatoms. The number of ether oxygens (including phenoxy) is 2. The topological polar surface area (TPSA) is 18.5 Å². The second kappa shape index (κ2) is 9.61. The molecule has 1 aliphatic carbocycles. The van der Waals surface area contributed by atoms with E-state index in [4.69, 9.17) is 9.47 Å². The smallest absolute Gasteiger partial charge is 0.168 e. The zero-order valence-electron chi connectivity index (χ0n) is 19.5. The number of rotatable bonds is 9. The summed E-state index contributed by atoms with van der Waals surface area (Å²) in [5.41, 5.74) is 0.810. The fourth-order valence-corrected chi connectivity index (χ4v) is 5.76. The first-order valence-electron chi connectivity index (χ1n) is 11.9. The highest BCUT2D eigenvalue weighted by molar-refractivity contribution is 4.91. The molecule has 0 amide bonds. The van der Waals surface area contributed by atoms with Crippen LogP contribution in [0.4, 0.5) is 0 Å². The van der Waals surface area contributed by atoms with E-state index in [9.17, 15) is 0 Å². The van der Waals surface area contributed by atoms with Gasteiger partial charge in [-0.2, -0.15) is 0 Å². The van der Waals surface area contributed by atoms with Gasteiger partial charge >= 0.3 is 0 Å². The Kier molecular flexibility index (Phi) is 8.26. The second-order valence-electron chi connectivity index (χ2n) is 11.6. The molecule has 0 N–H and O–H groups in total. The van der Waals surface area contributed by atoms with Gasteiger partial charge in [0, 0.05) is 12.8 Å². The van der Waals surface area contributed by atoms with E-state index >= 15 is 0 Å². The molecule has 2 aliphatic rings. The summed E-state index contributed by atoms with van der Waals surface area (Å²) in [6.45, 7) is 17.6. The molecule has 2 fully saturated rings. The van der Waals surface area contributed by atoms with Crippen LogP contribution in [-0.2, 0) is 9.47 Å². The van der Waals surface area contributed by atoms with Crippen molar-refractivity contribution < 1.29 is 9.47 Å². The van der Waals surface area contributed by atoms with Crippen LogP contribution in [0, 0.1) is 22.7 Å². The normalized spacial score (nSPS) is 30.8. The van der Waals surface area contributed by atoms with Crippen LogP contribution in [0.3, 0.4) is 0 Å². The molecule has 0 aromatic rings. The van der Waals surface area contributed by atoms with Crippen molar-refractivity contribution in [3.05, 3.63) is 0 Å². The molecule has 2 rings (SSSR count). The van der Waals surface area contributed by atoms with Crippen LogP contribution >= 0.6 is 0 Å². The predicted octanol–water partition coefficient (Wildman–Crippen LogP) is 7.75. The van der Waals surface area contributed by atoms with Gasteiger partial charge in [-0.15, -0.1) is 0 Å². The molecular weight excluding hydrogens is 332 g/mol. The van der Waals surface area contributed by atoms with Gasteiger partial charge in [0.25, 0.3) is 0 Å². The largest absolute Gasteiger partial charge is 0.347 e. The maximum atomic E-state index is 6.49. The Labute approximate surface area is 170 Å². The third kappa shape index (κ3) is 7.35. The maximum absolute atomic E-state index is 6.49. The van der Waals surface area contributed by atoms with Crippen LogP contribution < -0.4 is 0 Å². The number of unbranched alkanes of at least 4 members (excludes halogenated alkanes) is 1. The minimum atomic E-state index is -0.243. The SMILES string of the molecule is CCCCC(C)CCCC1COC2(CCC(C(C)(C)CC(C)(C)C)CC2)O1. The zero-order chi connectivity index (χ0) is 20.1. The standard InChI is InChI=1S/C25H48O2/c1-8-9-11-20(2)12-10-13-22-18-26-25(27-22)16-14-21(15-17-25)24(6,7)19-23(3,4)5/h20-22H,8-19H2,1-7H3. The van der Waals surface area contributed by atoms with E-state index in [-0.39, 0.29) is 5.79 Å². The van der Waals surface area contributed by atoms with Gasteiger partial charge in [0.15, 0.2) is 5.79 Å². The quantitative estimate of drug-likeness (QED) is 0.407. The molecule has 0 bridgehead atoms. The molecule has 0 aromatic heterocycles. The fourth-order valence-electron chi connectivity index (χ4n) is 5.76. The Hall–Kier alpha value is -0.0800. The Balaban J connectivity index is 1.72. The van der Waals surface area contributed by atoms with Crippen molar-refractivity contribution in [3.8, 4) is 0 Å². The molecule has 1 saturated heterocycles. The molecule has 0 aromatic carbocycles. The first-order valence-corrected chi connectivity index (χ1v) is 11.9. The lowest BCUT2D eigenvalue weighted by molar-refractivity contribution is -0.198. The third-order valence-corrected chi connectivity index (χ3v) is 7.03. The van der Waals surface area contributed by atoms with Crippen molar-refractivity contribution in [1.29, 1.82) is 0 Å². The van der Waals surface area contributed by atoms with Gasteiger partial charge in [0.1, 0.15) is 0 Å². The maximum Gasteiger partial charge on any atom is 0.168 e. The van der Waals surface area contributed by atoms with Gasteiger partial charge in [-0.3, -0.25) is 0 Å². The van der Waals surface area contributed by atoms with Crippen molar-refractivity contribution in [1.82, 2.24) is 0 Å². The average Bonchev–Trinajstić information content (AvgIpc) is 2.94. The van der Waals surface area contributed by atoms with Crippen LogP contribution in [0.15, 0.2) is 0 Å². The lowest BCUT2D eigenvalue weighted by Crippen LogP contribution is -2.40. The van der Waals surface area contributed by atoms with Crippen LogP contribution in [-0.4, -0.2) is 18.5 Å². The molecule has 2 atom stereocenters. The first kappa shape index (κ1) is 23.2. The summed E-state index contributed by atoms with van der Waals surface area (Å²) in [6.07, 6.45) is 14.2. The molecule has 0 radical (unpaired) electrons. The van der Waals surface area contributed by atoms with Crippen molar-refractivity contribution >= 4 is 0 Å². The molecule has 160 valence electrons.